The number of likely N-dealkylation sites (N-methyl/N-ethyl adjacent to an activating group) is 2. The van der Waals surface area contributed by atoms with Gasteiger partial charge in [0.25, 0.3) is 0 Å². The summed E-state index contributed by atoms with van der Waals surface area (Å²) < 4.78 is 46.4. The number of aryl methyl sites for hydroxylation is 1. The number of hydrogen-bond donors (Lipinski definition) is 1. The highest BCUT2D eigenvalue weighted by atomic mass is 35.5. The number of likely N-dealkylation sites (tertiary alicyclic amines) is 1. The molecule has 3 atom stereocenters. The molecule has 0 saturated carbocycles. The maximum absolute atomic E-state index is 13.4. The number of aromatic amines is 1. The van der Waals surface area contributed by atoms with E-state index in [2.05, 4.69) is 27.0 Å². The summed E-state index contributed by atoms with van der Waals surface area (Å²) in [5.41, 5.74) is 4.34. The highest BCUT2D eigenvalue weighted by molar-refractivity contribution is 6.33. The van der Waals surface area contributed by atoms with Crippen molar-refractivity contribution in [2.75, 3.05) is 51.8 Å². The van der Waals surface area contributed by atoms with E-state index in [0.29, 0.717) is 30.4 Å². The molecule has 3 aliphatic rings. The Labute approximate surface area is 263 Å². The van der Waals surface area contributed by atoms with Crippen molar-refractivity contribution >= 4 is 34.2 Å². The zero-order valence-electron chi connectivity index (χ0n) is 25.4. The molecule has 3 aromatic rings. The fourth-order valence-corrected chi connectivity index (χ4v) is 7.13. The Morgan fingerprint density at radius 1 is 1.20 bits per heavy atom. The number of anilines is 1. The van der Waals surface area contributed by atoms with Gasteiger partial charge in [0.2, 0.25) is 0 Å². The monoisotopic (exact) mass is 645 g/mol. The van der Waals surface area contributed by atoms with Crippen LogP contribution in [0.3, 0.4) is 0 Å². The van der Waals surface area contributed by atoms with Gasteiger partial charge in [-0.05, 0) is 57.6 Å². The third kappa shape index (κ3) is 6.01. The summed E-state index contributed by atoms with van der Waals surface area (Å²) in [6.07, 6.45) is -0.924. The summed E-state index contributed by atoms with van der Waals surface area (Å²) in [5.74, 6) is -1.38. The molecule has 2 saturated heterocycles. The number of benzene rings is 1. The Kier molecular flexibility index (Phi) is 8.53. The number of rotatable bonds is 6. The topological polar surface area (TPSA) is 118 Å². The van der Waals surface area contributed by atoms with Gasteiger partial charge < -0.3 is 19.4 Å². The molecule has 1 N–H and O–H groups in total. The number of carbonyl (C=O) groups is 1. The molecule has 3 aliphatic heterocycles. The molecule has 6 rings (SSSR count). The number of H-pyrrole nitrogens is 1. The van der Waals surface area contributed by atoms with Crippen LogP contribution in [0.15, 0.2) is 12.3 Å². The minimum Gasteiger partial charge on any atom is -0.462 e. The van der Waals surface area contributed by atoms with Crippen molar-refractivity contribution in [1.82, 2.24) is 34.9 Å². The Morgan fingerprint density at radius 3 is 2.71 bits per heavy atom. The average molecular weight is 646 g/mol. The quantitative estimate of drug-likeness (QED) is 0.424. The molecule has 0 bridgehead atoms. The van der Waals surface area contributed by atoms with Crippen molar-refractivity contribution in [1.29, 1.82) is 5.26 Å². The molecule has 0 radical (unpaired) electrons. The van der Waals surface area contributed by atoms with E-state index < -0.39 is 18.1 Å². The molecule has 0 spiro atoms. The molecular weight excluding hydrogens is 611 g/mol. The lowest BCUT2D eigenvalue weighted by molar-refractivity contribution is -0.188. The van der Waals surface area contributed by atoms with E-state index in [1.165, 1.54) is 0 Å². The van der Waals surface area contributed by atoms with Gasteiger partial charge in [0.1, 0.15) is 12.4 Å². The van der Waals surface area contributed by atoms with Crippen LogP contribution in [0, 0.1) is 18.3 Å². The average Bonchev–Trinajstić information content (AvgIpc) is 3.64. The van der Waals surface area contributed by atoms with Gasteiger partial charge in [-0.3, -0.25) is 14.8 Å². The maximum Gasteiger partial charge on any atom is 0.471 e. The third-order valence-electron chi connectivity index (χ3n) is 9.30. The van der Waals surface area contributed by atoms with Crippen LogP contribution in [0.5, 0.6) is 6.01 Å². The summed E-state index contributed by atoms with van der Waals surface area (Å²) in [5, 5.41) is 18.3. The SMILES string of the molecule is Cc1cc2[nH]ncc2c(C2Cc3nc(OC[C@@H]4CCCN4C)nc(N4CCN(C(=O)C(F)(F)F)[C@@H](CC#N)C4)c3CN2C)c1Cl. The van der Waals surface area contributed by atoms with Crippen LogP contribution >= 0.6 is 11.6 Å². The van der Waals surface area contributed by atoms with Crippen molar-refractivity contribution in [2.24, 2.45) is 0 Å². The van der Waals surface area contributed by atoms with Crippen LogP contribution in [0.4, 0.5) is 19.0 Å². The summed E-state index contributed by atoms with van der Waals surface area (Å²) >= 11 is 6.91. The Bertz CT molecular complexity index is 1640. The molecule has 2 aromatic heterocycles. The van der Waals surface area contributed by atoms with Gasteiger partial charge in [0.15, 0.2) is 0 Å². The number of hydrogen-bond acceptors (Lipinski definition) is 9. The predicted octanol–water partition coefficient (Wildman–Crippen LogP) is 4.01. The number of halogens is 4. The number of ether oxygens (including phenoxy) is 1. The van der Waals surface area contributed by atoms with Crippen LogP contribution in [-0.4, -0.2) is 106 Å². The number of aromatic nitrogens is 4. The largest absolute Gasteiger partial charge is 0.471 e. The number of nitrogens with one attached hydrogen (secondary N) is 1. The first kappa shape index (κ1) is 31.3. The lowest BCUT2D eigenvalue weighted by Crippen LogP contribution is -2.58. The second kappa shape index (κ2) is 12.3. The van der Waals surface area contributed by atoms with E-state index in [9.17, 15) is 23.2 Å². The normalized spacial score (nSPS) is 22.9. The third-order valence-corrected chi connectivity index (χ3v) is 9.80. The van der Waals surface area contributed by atoms with Crippen LogP contribution in [0.25, 0.3) is 10.9 Å². The number of fused-ring (bicyclic) bond motifs is 2. The number of carbonyl (C=O) groups excluding carboxylic acids is 1. The van der Waals surface area contributed by atoms with E-state index in [-0.39, 0.29) is 44.1 Å². The molecule has 1 aromatic carbocycles. The molecule has 240 valence electrons. The van der Waals surface area contributed by atoms with Crippen molar-refractivity contribution in [3.63, 3.8) is 0 Å². The van der Waals surface area contributed by atoms with Gasteiger partial charge in [-0.2, -0.15) is 33.5 Å². The molecule has 45 heavy (non-hydrogen) atoms. The zero-order valence-corrected chi connectivity index (χ0v) is 26.1. The fourth-order valence-electron chi connectivity index (χ4n) is 6.85. The first-order valence-electron chi connectivity index (χ1n) is 15.0. The Balaban J connectivity index is 1.37. The van der Waals surface area contributed by atoms with E-state index in [1.807, 2.05) is 31.0 Å². The molecular formula is C30H35ClF3N9O2. The molecule has 11 nitrogen and oxygen atoms in total. The van der Waals surface area contributed by atoms with E-state index in [0.717, 1.165) is 57.6 Å². The fraction of sp³-hybridized carbons (Fsp3) is 0.567. The lowest BCUT2D eigenvalue weighted by atomic mass is 9.90. The number of alkyl halides is 3. The standard InChI is InChI=1S/C30H35ClF3N9O2/c1-17-11-23-20(13-36-39-23)25(26(17)31)24-12-22-21(15-41(24)3)27(38-29(37-22)45-16-19-5-4-8-40(19)2)42-9-10-43(18(14-42)6-7-35)28(44)30(32,33)34/h11,13,18-19,24H,4-6,8-10,12,14-16H2,1-3H3,(H,36,39)/t18-,19-,24?/m0/s1. The van der Waals surface area contributed by atoms with Crippen LogP contribution in [0.2, 0.25) is 5.02 Å². The molecule has 1 amide bonds. The number of nitrogens with zero attached hydrogens (tertiary/aromatic N) is 8. The van der Waals surface area contributed by atoms with Gasteiger partial charge in [0.05, 0.1) is 35.9 Å². The zero-order chi connectivity index (χ0) is 32.0. The maximum atomic E-state index is 13.4. The molecule has 0 aliphatic carbocycles. The summed E-state index contributed by atoms with van der Waals surface area (Å²) in [6.45, 7) is 3.73. The summed E-state index contributed by atoms with van der Waals surface area (Å²) in [6, 6.07) is 3.25. The van der Waals surface area contributed by atoms with Crippen LogP contribution < -0.4 is 9.64 Å². The smallest absolute Gasteiger partial charge is 0.462 e. The Hall–Kier alpha value is -3.67. The number of piperazine rings is 1. The minimum atomic E-state index is -5.02. The van der Waals surface area contributed by atoms with Crippen LogP contribution in [-0.2, 0) is 17.8 Å². The Morgan fingerprint density at radius 2 is 2.00 bits per heavy atom. The highest BCUT2D eigenvalue weighted by Crippen LogP contribution is 2.42. The van der Waals surface area contributed by atoms with Crippen LogP contribution in [0.1, 0.15) is 47.7 Å². The summed E-state index contributed by atoms with van der Waals surface area (Å²) in [7, 11) is 4.04. The molecule has 15 heteroatoms. The molecule has 5 heterocycles. The van der Waals surface area contributed by atoms with Gasteiger partial charge in [-0.15, -0.1) is 0 Å². The van der Waals surface area contributed by atoms with E-state index in [4.69, 9.17) is 26.3 Å². The van der Waals surface area contributed by atoms with E-state index >= 15 is 0 Å². The predicted molar refractivity (Wildman–Crippen MR) is 161 cm³/mol. The van der Waals surface area contributed by atoms with Gasteiger partial charge in [0, 0.05) is 60.7 Å². The lowest BCUT2D eigenvalue weighted by Gasteiger charge is -2.43. The number of nitriles is 1. The highest BCUT2D eigenvalue weighted by Gasteiger charge is 2.46. The molecule has 2 fully saturated rings. The summed E-state index contributed by atoms with van der Waals surface area (Å²) in [4.78, 5) is 28.9. The number of amides is 1. The van der Waals surface area contributed by atoms with Crippen molar-refractivity contribution in [3.05, 3.63) is 39.7 Å². The second-order valence-electron chi connectivity index (χ2n) is 12.2. The van der Waals surface area contributed by atoms with Crippen molar-refractivity contribution in [2.45, 2.75) is 63.5 Å². The van der Waals surface area contributed by atoms with Gasteiger partial charge in [-0.1, -0.05) is 11.6 Å². The van der Waals surface area contributed by atoms with Crippen molar-refractivity contribution < 1.29 is 22.7 Å². The van der Waals surface area contributed by atoms with E-state index in [1.54, 1.807) is 6.20 Å². The van der Waals surface area contributed by atoms with Gasteiger partial charge in [-0.25, -0.2) is 0 Å². The molecule has 1 unspecified atom stereocenters. The second-order valence-corrected chi connectivity index (χ2v) is 12.6. The van der Waals surface area contributed by atoms with Crippen molar-refractivity contribution in [3.8, 4) is 12.1 Å². The van der Waals surface area contributed by atoms with Gasteiger partial charge >= 0.3 is 18.1 Å². The minimum absolute atomic E-state index is 0.0239. The first-order valence-corrected chi connectivity index (χ1v) is 15.4. The first-order chi connectivity index (χ1) is 21.5.